The standard InChI is InChI=1S/C17H15NO/c18-12-6-11-17(15-8-2-1-3-9-15)16-10-5-4-7-14(16)13-19-17/h1-5,7-10H,6,11,13H2. The molecular formula is C17H15NO. The Kier molecular flexibility index (Phi) is 3.06. The minimum Gasteiger partial charge on any atom is -0.361 e. The normalized spacial score (nSPS) is 20.8. The first kappa shape index (κ1) is 12.0. The van der Waals surface area contributed by atoms with Crippen molar-refractivity contribution in [3.8, 4) is 6.07 Å². The molecule has 1 atom stereocenters. The first-order valence-electron chi connectivity index (χ1n) is 6.52. The Morgan fingerprint density at radius 3 is 2.58 bits per heavy atom. The molecule has 0 N–H and O–H groups in total. The summed E-state index contributed by atoms with van der Waals surface area (Å²) in [7, 11) is 0. The minimum absolute atomic E-state index is 0.451. The summed E-state index contributed by atoms with van der Waals surface area (Å²) in [6.45, 7) is 0.622. The van der Waals surface area contributed by atoms with Gasteiger partial charge in [-0.25, -0.2) is 0 Å². The van der Waals surface area contributed by atoms with E-state index >= 15 is 0 Å². The highest BCUT2D eigenvalue weighted by molar-refractivity contribution is 5.44. The Labute approximate surface area is 113 Å². The maximum absolute atomic E-state index is 8.93. The number of ether oxygens (including phenoxy) is 1. The number of benzene rings is 2. The molecule has 0 saturated carbocycles. The van der Waals surface area contributed by atoms with E-state index in [1.807, 2.05) is 30.3 Å². The Morgan fingerprint density at radius 1 is 1.05 bits per heavy atom. The van der Waals surface area contributed by atoms with Crippen LogP contribution in [0.5, 0.6) is 0 Å². The van der Waals surface area contributed by atoms with E-state index in [-0.39, 0.29) is 0 Å². The Bertz CT molecular complexity index is 615. The first-order valence-corrected chi connectivity index (χ1v) is 6.52. The lowest BCUT2D eigenvalue weighted by molar-refractivity contribution is -0.0106. The van der Waals surface area contributed by atoms with Crippen LogP contribution >= 0.6 is 0 Å². The Hall–Kier alpha value is -2.11. The molecule has 1 aliphatic rings. The number of hydrogen-bond donors (Lipinski definition) is 0. The minimum atomic E-state index is -0.451. The molecule has 0 fully saturated rings. The Balaban J connectivity index is 2.12. The van der Waals surface area contributed by atoms with E-state index < -0.39 is 5.60 Å². The zero-order chi connectivity index (χ0) is 13.1. The first-order chi connectivity index (χ1) is 9.37. The van der Waals surface area contributed by atoms with E-state index in [1.165, 1.54) is 11.1 Å². The van der Waals surface area contributed by atoms with Gasteiger partial charge in [-0.15, -0.1) is 0 Å². The molecule has 2 aromatic carbocycles. The quantitative estimate of drug-likeness (QED) is 0.829. The lowest BCUT2D eigenvalue weighted by Gasteiger charge is -2.29. The number of fused-ring (bicyclic) bond motifs is 1. The zero-order valence-electron chi connectivity index (χ0n) is 10.7. The molecule has 1 heterocycles. The summed E-state index contributed by atoms with van der Waals surface area (Å²) in [4.78, 5) is 0. The van der Waals surface area contributed by atoms with Gasteiger partial charge in [-0.2, -0.15) is 5.26 Å². The van der Waals surface area contributed by atoms with Crippen LogP contribution in [0.3, 0.4) is 0 Å². The molecule has 2 heteroatoms. The van der Waals surface area contributed by atoms with Crippen molar-refractivity contribution in [1.29, 1.82) is 5.26 Å². The van der Waals surface area contributed by atoms with Crippen molar-refractivity contribution in [2.24, 2.45) is 0 Å². The summed E-state index contributed by atoms with van der Waals surface area (Å²) in [5.74, 6) is 0. The van der Waals surface area contributed by atoms with Crippen LogP contribution in [-0.4, -0.2) is 0 Å². The molecule has 2 nitrogen and oxygen atoms in total. The molecule has 1 aliphatic heterocycles. The van der Waals surface area contributed by atoms with E-state index in [0.29, 0.717) is 19.4 Å². The second-order valence-corrected chi connectivity index (χ2v) is 4.80. The van der Waals surface area contributed by atoms with Crippen LogP contribution in [0.4, 0.5) is 0 Å². The van der Waals surface area contributed by atoms with E-state index in [1.54, 1.807) is 0 Å². The number of rotatable bonds is 3. The average molecular weight is 249 g/mol. The van der Waals surface area contributed by atoms with E-state index in [2.05, 4.69) is 30.3 Å². The van der Waals surface area contributed by atoms with Crippen molar-refractivity contribution < 1.29 is 4.74 Å². The summed E-state index contributed by atoms with van der Waals surface area (Å²) in [6.07, 6.45) is 1.19. The van der Waals surface area contributed by atoms with E-state index in [4.69, 9.17) is 10.00 Å². The van der Waals surface area contributed by atoms with Crippen LogP contribution in [-0.2, 0) is 16.9 Å². The molecule has 0 saturated heterocycles. The summed E-state index contributed by atoms with van der Waals surface area (Å²) in [5.41, 5.74) is 3.11. The Morgan fingerprint density at radius 2 is 1.79 bits per heavy atom. The van der Waals surface area contributed by atoms with Crippen molar-refractivity contribution in [2.45, 2.75) is 25.0 Å². The van der Waals surface area contributed by atoms with Gasteiger partial charge in [0.1, 0.15) is 5.60 Å². The summed E-state index contributed by atoms with van der Waals surface area (Å²) in [6, 6.07) is 20.7. The molecule has 0 amide bonds. The molecule has 0 aliphatic carbocycles. The summed E-state index contributed by atoms with van der Waals surface area (Å²) in [5, 5.41) is 8.93. The monoisotopic (exact) mass is 249 g/mol. The third-order valence-electron chi connectivity index (χ3n) is 3.76. The lowest BCUT2D eigenvalue weighted by Crippen LogP contribution is -2.26. The smallest absolute Gasteiger partial charge is 0.120 e. The molecule has 0 aromatic heterocycles. The van der Waals surface area contributed by atoms with Crippen LogP contribution in [0.25, 0.3) is 0 Å². The van der Waals surface area contributed by atoms with Gasteiger partial charge in [0, 0.05) is 6.42 Å². The van der Waals surface area contributed by atoms with Gasteiger partial charge in [-0.1, -0.05) is 54.6 Å². The SMILES string of the molecule is N#CCCC1(c2ccccc2)OCc2ccccc21. The average Bonchev–Trinajstić information content (AvgIpc) is 2.86. The van der Waals surface area contributed by atoms with Gasteiger partial charge in [0.2, 0.25) is 0 Å². The van der Waals surface area contributed by atoms with Crippen molar-refractivity contribution in [1.82, 2.24) is 0 Å². The fourth-order valence-electron chi connectivity index (χ4n) is 2.85. The van der Waals surface area contributed by atoms with E-state index in [9.17, 15) is 0 Å². The van der Waals surface area contributed by atoms with Gasteiger partial charge in [0.15, 0.2) is 0 Å². The van der Waals surface area contributed by atoms with Gasteiger partial charge in [0.05, 0.1) is 12.7 Å². The molecule has 3 rings (SSSR count). The van der Waals surface area contributed by atoms with Gasteiger partial charge in [0.25, 0.3) is 0 Å². The van der Waals surface area contributed by atoms with Crippen LogP contribution in [0.1, 0.15) is 29.5 Å². The molecule has 19 heavy (non-hydrogen) atoms. The zero-order valence-corrected chi connectivity index (χ0v) is 10.7. The van der Waals surface area contributed by atoms with Gasteiger partial charge >= 0.3 is 0 Å². The molecule has 1 unspecified atom stereocenters. The highest BCUT2D eigenvalue weighted by Crippen LogP contribution is 2.44. The maximum Gasteiger partial charge on any atom is 0.120 e. The van der Waals surface area contributed by atoms with Gasteiger partial charge < -0.3 is 4.74 Å². The molecule has 94 valence electrons. The highest BCUT2D eigenvalue weighted by atomic mass is 16.5. The molecular weight excluding hydrogens is 234 g/mol. The van der Waals surface area contributed by atoms with E-state index in [0.717, 1.165) is 5.56 Å². The molecule has 0 bridgehead atoms. The number of nitrogens with zero attached hydrogens (tertiary/aromatic N) is 1. The summed E-state index contributed by atoms with van der Waals surface area (Å²) < 4.78 is 6.15. The van der Waals surface area contributed by atoms with Crippen LogP contribution in [0.15, 0.2) is 54.6 Å². The van der Waals surface area contributed by atoms with Crippen molar-refractivity contribution in [2.75, 3.05) is 0 Å². The van der Waals surface area contributed by atoms with Crippen LogP contribution < -0.4 is 0 Å². The fourth-order valence-corrected chi connectivity index (χ4v) is 2.85. The largest absolute Gasteiger partial charge is 0.361 e. The predicted octanol–water partition coefficient (Wildman–Crippen LogP) is 3.76. The van der Waals surface area contributed by atoms with Gasteiger partial charge in [-0.05, 0) is 23.1 Å². The third kappa shape index (κ3) is 1.93. The fraction of sp³-hybridized carbons (Fsp3) is 0.235. The second-order valence-electron chi connectivity index (χ2n) is 4.80. The maximum atomic E-state index is 8.93. The molecule has 0 radical (unpaired) electrons. The second kappa shape index (κ2) is 4.87. The van der Waals surface area contributed by atoms with Crippen LogP contribution in [0.2, 0.25) is 0 Å². The van der Waals surface area contributed by atoms with Crippen molar-refractivity contribution in [3.63, 3.8) is 0 Å². The highest BCUT2D eigenvalue weighted by Gasteiger charge is 2.40. The van der Waals surface area contributed by atoms with Crippen molar-refractivity contribution in [3.05, 3.63) is 71.3 Å². The van der Waals surface area contributed by atoms with Crippen LogP contribution in [0, 0.1) is 11.3 Å². The number of hydrogen-bond acceptors (Lipinski definition) is 2. The lowest BCUT2D eigenvalue weighted by atomic mass is 9.82. The predicted molar refractivity (Wildman–Crippen MR) is 73.3 cm³/mol. The molecule has 2 aromatic rings. The third-order valence-corrected chi connectivity index (χ3v) is 3.76. The summed E-state index contributed by atoms with van der Waals surface area (Å²) >= 11 is 0. The van der Waals surface area contributed by atoms with Gasteiger partial charge in [-0.3, -0.25) is 0 Å². The van der Waals surface area contributed by atoms with Crippen molar-refractivity contribution >= 4 is 0 Å². The topological polar surface area (TPSA) is 33.0 Å². The number of nitriles is 1. The molecule has 0 spiro atoms.